The van der Waals surface area contributed by atoms with Gasteiger partial charge in [-0.15, -0.1) is 0 Å². The van der Waals surface area contributed by atoms with Gasteiger partial charge in [0.05, 0.1) is 0 Å². The number of ether oxygens (including phenoxy) is 1. The van der Waals surface area contributed by atoms with Crippen LogP contribution in [0.25, 0.3) is 0 Å². The number of carbonyl (C=O) groups excluding carboxylic acids is 1. The van der Waals surface area contributed by atoms with E-state index in [0.29, 0.717) is 12.8 Å². The Labute approximate surface area is 262 Å². The number of carboxylic acid groups (broad SMARTS) is 1. The summed E-state index contributed by atoms with van der Waals surface area (Å²) in [6, 6.07) is 0. The molecule has 0 saturated carbocycles. The third-order valence-corrected chi connectivity index (χ3v) is 8.49. The summed E-state index contributed by atoms with van der Waals surface area (Å²) in [5, 5.41) is 8.70. The van der Waals surface area contributed by atoms with Crippen LogP contribution in [0.5, 0.6) is 0 Å². The lowest BCUT2D eigenvalue weighted by Crippen LogP contribution is -2.18. The Morgan fingerprint density at radius 3 is 1.31 bits per heavy atom. The summed E-state index contributed by atoms with van der Waals surface area (Å²) in [5.41, 5.74) is 0. The maximum atomic E-state index is 12.6. The van der Waals surface area contributed by atoms with Crippen molar-refractivity contribution in [3.8, 4) is 0 Å². The van der Waals surface area contributed by atoms with Crippen LogP contribution >= 0.6 is 0 Å². The Bertz CT molecular complexity index is 600. The van der Waals surface area contributed by atoms with Crippen LogP contribution in [-0.4, -0.2) is 23.1 Å². The van der Waals surface area contributed by atoms with Crippen LogP contribution in [0.4, 0.5) is 0 Å². The first-order valence-electron chi connectivity index (χ1n) is 18.7. The quantitative estimate of drug-likeness (QED) is 0.0458. The molecule has 0 amide bonds. The van der Waals surface area contributed by atoms with E-state index >= 15 is 0 Å². The number of aliphatic carboxylic acids is 1. The summed E-state index contributed by atoms with van der Waals surface area (Å²) in [7, 11) is 0. The number of carbonyl (C=O) groups is 2. The molecule has 0 heterocycles. The van der Waals surface area contributed by atoms with Crippen LogP contribution in [0.2, 0.25) is 0 Å². The summed E-state index contributed by atoms with van der Waals surface area (Å²) >= 11 is 0. The van der Waals surface area contributed by atoms with Gasteiger partial charge in [-0.1, -0.05) is 148 Å². The summed E-state index contributed by atoms with van der Waals surface area (Å²) in [5.74, 6) is -0.646. The average Bonchev–Trinajstić information content (AvgIpc) is 2.97. The smallest absolute Gasteiger partial charge is 0.306 e. The van der Waals surface area contributed by atoms with Crippen molar-refractivity contribution in [2.75, 3.05) is 0 Å². The fourth-order valence-corrected chi connectivity index (χ4v) is 5.71. The Morgan fingerprint density at radius 1 is 0.500 bits per heavy atom. The van der Waals surface area contributed by atoms with Gasteiger partial charge < -0.3 is 9.84 Å². The lowest BCUT2D eigenvalue weighted by Gasteiger charge is -2.18. The van der Waals surface area contributed by atoms with Gasteiger partial charge in [-0.05, 0) is 64.2 Å². The van der Waals surface area contributed by atoms with Crippen LogP contribution < -0.4 is 0 Å². The highest BCUT2D eigenvalue weighted by atomic mass is 16.5. The molecule has 1 N–H and O–H groups in total. The van der Waals surface area contributed by atoms with Crippen molar-refractivity contribution in [1.82, 2.24) is 0 Å². The van der Waals surface area contributed by atoms with Crippen molar-refractivity contribution < 1.29 is 19.4 Å². The van der Waals surface area contributed by atoms with Gasteiger partial charge in [0, 0.05) is 12.8 Å². The first-order valence-corrected chi connectivity index (χ1v) is 18.7. The molecule has 0 aliphatic rings. The second-order valence-corrected chi connectivity index (χ2v) is 12.8. The van der Waals surface area contributed by atoms with Gasteiger partial charge in [-0.3, -0.25) is 9.59 Å². The topological polar surface area (TPSA) is 63.6 Å². The highest BCUT2D eigenvalue weighted by molar-refractivity contribution is 5.69. The molecule has 1 unspecified atom stereocenters. The normalized spacial score (nSPS) is 12.2. The second-order valence-electron chi connectivity index (χ2n) is 12.8. The second kappa shape index (κ2) is 34.2. The van der Waals surface area contributed by atoms with E-state index in [9.17, 15) is 9.59 Å². The molecule has 0 aromatic heterocycles. The summed E-state index contributed by atoms with van der Waals surface area (Å²) < 4.78 is 6.01. The number of unbranched alkanes of at least 4 members (excludes halogenated alkanes) is 23. The van der Waals surface area contributed by atoms with E-state index in [-0.39, 0.29) is 12.1 Å². The molecule has 42 heavy (non-hydrogen) atoms. The van der Waals surface area contributed by atoms with Gasteiger partial charge in [-0.25, -0.2) is 0 Å². The maximum absolute atomic E-state index is 12.6. The van der Waals surface area contributed by atoms with Gasteiger partial charge >= 0.3 is 11.9 Å². The third kappa shape index (κ3) is 33.2. The molecule has 0 radical (unpaired) electrons. The average molecular weight is 593 g/mol. The summed E-state index contributed by atoms with van der Waals surface area (Å²) in [6.07, 6.45) is 40.9. The Balaban J connectivity index is 3.96. The molecule has 4 heteroatoms. The van der Waals surface area contributed by atoms with Gasteiger partial charge in [0.15, 0.2) is 0 Å². The Morgan fingerprint density at radius 2 is 0.857 bits per heavy atom. The van der Waals surface area contributed by atoms with Gasteiger partial charge in [0.25, 0.3) is 0 Å². The zero-order chi connectivity index (χ0) is 30.8. The minimum atomic E-state index is -0.674. The van der Waals surface area contributed by atoms with Crippen molar-refractivity contribution >= 4 is 11.9 Å². The molecule has 0 aliphatic carbocycles. The van der Waals surface area contributed by atoms with E-state index in [1.54, 1.807) is 0 Å². The Hall–Kier alpha value is -1.32. The summed E-state index contributed by atoms with van der Waals surface area (Å²) in [6.45, 7) is 4.52. The van der Waals surface area contributed by atoms with Crippen LogP contribution in [0.3, 0.4) is 0 Å². The molecule has 0 saturated heterocycles. The van der Waals surface area contributed by atoms with Crippen molar-refractivity contribution in [3.05, 3.63) is 12.2 Å². The summed E-state index contributed by atoms with van der Waals surface area (Å²) in [4.78, 5) is 23.2. The van der Waals surface area contributed by atoms with E-state index in [1.807, 2.05) is 0 Å². The van der Waals surface area contributed by atoms with Crippen molar-refractivity contribution in [2.24, 2.45) is 0 Å². The monoisotopic (exact) mass is 593 g/mol. The molecule has 0 aromatic rings. The molecule has 4 nitrogen and oxygen atoms in total. The van der Waals surface area contributed by atoms with Crippen LogP contribution in [0.1, 0.15) is 213 Å². The molecule has 0 rings (SSSR count). The fourth-order valence-electron chi connectivity index (χ4n) is 5.71. The van der Waals surface area contributed by atoms with E-state index in [0.717, 1.165) is 51.4 Å². The number of esters is 1. The van der Waals surface area contributed by atoms with E-state index in [1.165, 1.54) is 135 Å². The zero-order valence-electron chi connectivity index (χ0n) is 28.3. The van der Waals surface area contributed by atoms with Crippen molar-refractivity contribution in [1.29, 1.82) is 0 Å². The maximum Gasteiger partial charge on any atom is 0.306 e. The molecule has 1 atom stereocenters. The lowest BCUT2D eigenvalue weighted by atomic mass is 10.0. The lowest BCUT2D eigenvalue weighted by molar-refractivity contribution is -0.150. The molecule has 0 bridgehead atoms. The largest absolute Gasteiger partial charge is 0.481 e. The molecule has 0 spiro atoms. The number of allylic oxidation sites excluding steroid dienone is 2. The van der Waals surface area contributed by atoms with E-state index in [2.05, 4.69) is 26.0 Å². The molecule has 0 aromatic carbocycles. The number of rotatable bonds is 34. The van der Waals surface area contributed by atoms with Crippen LogP contribution in [0, 0.1) is 0 Å². The van der Waals surface area contributed by atoms with Gasteiger partial charge in [0.2, 0.25) is 0 Å². The minimum Gasteiger partial charge on any atom is -0.481 e. The van der Waals surface area contributed by atoms with Crippen molar-refractivity contribution in [3.63, 3.8) is 0 Å². The van der Waals surface area contributed by atoms with Crippen LogP contribution in [-0.2, 0) is 14.3 Å². The van der Waals surface area contributed by atoms with E-state index in [4.69, 9.17) is 9.84 Å². The third-order valence-electron chi connectivity index (χ3n) is 8.49. The number of hydrogen-bond donors (Lipinski definition) is 1. The predicted octanol–water partition coefficient (Wildman–Crippen LogP) is 12.7. The standard InChI is InChI=1S/C38H72O4/c1-3-5-7-9-11-12-13-14-15-20-23-27-31-35-38(41)42-36(32-28-24-10-8-6-4-2)33-29-25-21-18-16-17-19-22-26-30-34-37(39)40/h12-13,36H,3-11,14-35H2,1-2H3,(H,39,40)/b13-12-. The SMILES string of the molecule is CCCCCC/C=C\CCCCCCCC(=O)OC(CCCCCCCC)CCCCCCCCCCCCC(=O)O. The molecule has 0 fully saturated rings. The minimum absolute atomic E-state index is 0.0281. The number of hydrogen-bond acceptors (Lipinski definition) is 3. The van der Waals surface area contributed by atoms with Crippen molar-refractivity contribution in [2.45, 2.75) is 219 Å². The fraction of sp³-hybridized carbons (Fsp3) is 0.895. The highest BCUT2D eigenvalue weighted by Crippen LogP contribution is 2.19. The molecular weight excluding hydrogens is 520 g/mol. The molecule has 0 aliphatic heterocycles. The molecular formula is C38H72O4. The zero-order valence-corrected chi connectivity index (χ0v) is 28.3. The Kier molecular flexibility index (Phi) is 33.1. The predicted molar refractivity (Wildman–Crippen MR) is 181 cm³/mol. The van der Waals surface area contributed by atoms with E-state index < -0.39 is 5.97 Å². The van der Waals surface area contributed by atoms with Gasteiger partial charge in [0.1, 0.15) is 6.10 Å². The first kappa shape index (κ1) is 40.7. The molecule has 248 valence electrons. The highest BCUT2D eigenvalue weighted by Gasteiger charge is 2.14. The van der Waals surface area contributed by atoms with Gasteiger partial charge in [-0.2, -0.15) is 0 Å². The first-order chi connectivity index (χ1) is 20.6. The number of carboxylic acids is 1. The van der Waals surface area contributed by atoms with Crippen LogP contribution in [0.15, 0.2) is 12.2 Å².